The van der Waals surface area contributed by atoms with Crippen LogP contribution in [0.4, 0.5) is 0 Å². The Labute approximate surface area is 135 Å². The van der Waals surface area contributed by atoms with Crippen molar-refractivity contribution in [1.29, 1.82) is 0 Å². The monoisotopic (exact) mass is 302 g/mol. The molecule has 1 unspecified atom stereocenters. The van der Waals surface area contributed by atoms with Gasteiger partial charge in [0.1, 0.15) is 0 Å². The van der Waals surface area contributed by atoms with E-state index in [0.29, 0.717) is 5.92 Å². The highest BCUT2D eigenvalue weighted by atomic mass is 15.2. The van der Waals surface area contributed by atoms with Crippen LogP contribution >= 0.6 is 0 Å². The number of benzene rings is 1. The van der Waals surface area contributed by atoms with E-state index in [1.165, 1.54) is 38.0 Å². The van der Waals surface area contributed by atoms with E-state index < -0.39 is 0 Å². The van der Waals surface area contributed by atoms with Crippen molar-refractivity contribution in [3.63, 3.8) is 0 Å². The third kappa shape index (κ3) is 6.06. The van der Waals surface area contributed by atoms with Crippen LogP contribution in [0.25, 0.3) is 0 Å². The molecule has 0 aromatic heterocycles. The van der Waals surface area contributed by atoms with Crippen molar-refractivity contribution in [2.24, 2.45) is 10.9 Å². The van der Waals surface area contributed by atoms with E-state index in [1.807, 2.05) is 7.05 Å². The molecule has 4 heteroatoms. The maximum Gasteiger partial charge on any atom is 0.190 e. The van der Waals surface area contributed by atoms with Crippen LogP contribution in [0.5, 0.6) is 0 Å². The summed E-state index contributed by atoms with van der Waals surface area (Å²) in [5, 5.41) is 6.83. The summed E-state index contributed by atoms with van der Waals surface area (Å²) in [6.45, 7) is 7.92. The maximum atomic E-state index is 4.30. The van der Waals surface area contributed by atoms with Gasteiger partial charge in [-0.2, -0.15) is 0 Å². The molecule has 1 aliphatic heterocycles. The zero-order valence-electron chi connectivity index (χ0n) is 14.0. The van der Waals surface area contributed by atoms with Crippen molar-refractivity contribution >= 4 is 5.96 Å². The average Bonchev–Trinajstić information content (AvgIpc) is 3.04. The lowest BCUT2D eigenvalue weighted by molar-refractivity contribution is 0.287. The van der Waals surface area contributed by atoms with Crippen molar-refractivity contribution in [1.82, 2.24) is 15.5 Å². The second-order valence-electron chi connectivity index (χ2n) is 6.23. The molecule has 1 heterocycles. The fourth-order valence-corrected chi connectivity index (χ4v) is 2.93. The molecule has 22 heavy (non-hydrogen) atoms. The third-order valence-electron chi connectivity index (χ3n) is 4.16. The van der Waals surface area contributed by atoms with Crippen LogP contribution in [0.1, 0.15) is 25.3 Å². The lowest BCUT2D eigenvalue weighted by atomic mass is 10.1. The van der Waals surface area contributed by atoms with E-state index >= 15 is 0 Å². The number of nitrogens with zero attached hydrogens (tertiary/aromatic N) is 2. The van der Waals surface area contributed by atoms with Crippen molar-refractivity contribution in [2.75, 3.05) is 39.8 Å². The largest absolute Gasteiger partial charge is 0.356 e. The molecule has 1 aromatic carbocycles. The van der Waals surface area contributed by atoms with Gasteiger partial charge in [-0.25, -0.2) is 0 Å². The zero-order valence-corrected chi connectivity index (χ0v) is 14.0. The van der Waals surface area contributed by atoms with E-state index in [1.54, 1.807) is 0 Å². The van der Waals surface area contributed by atoms with Gasteiger partial charge >= 0.3 is 0 Å². The normalized spacial score (nSPS) is 17.5. The van der Waals surface area contributed by atoms with E-state index in [2.05, 4.69) is 57.8 Å². The number of guanidine groups is 1. The third-order valence-corrected chi connectivity index (χ3v) is 4.16. The van der Waals surface area contributed by atoms with E-state index in [0.717, 1.165) is 25.5 Å². The minimum absolute atomic E-state index is 0.644. The summed E-state index contributed by atoms with van der Waals surface area (Å²) in [5.41, 5.74) is 1.35. The van der Waals surface area contributed by atoms with Crippen LogP contribution in [0, 0.1) is 5.92 Å². The zero-order chi connectivity index (χ0) is 15.6. The van der Waals surface area contributed by atoms with E-state index in [4.69, 9.17) is 0 Å². The highest BCUT2D eigenvalue weighted by Gasteiger charge is 2.14. The lowest BCUT2D eigenvalue weighted by Crippen LogP contribution is -2.42. The smallest absolute Gasteiger partial charge is 0.190 e. The summed E-state index contributed by atoms with van der Waals surface area (Å²) >= 11 is 0. The van der Waals surface area contributed by atoms with Crippen molar-refractivity contribution in [2.45, 2.75) is 26.2 Å². The lowest BCUT2D eigenvalue weighted by Gasteiger charge is -2.21. The maximum absolute atomic E-state index is 4.30. The Morgan fingerprint density at radius 2 is 1.91 bits per heavy atom. The van der Waals surface area contributed by atoms with Gasteiger partial charge in [-0.1, -0.05) is 37.3 Å². The molecule has 1 atom stereocenters. The number of nitrogens with one attached hydrogen (secondary N) is 2. The summed E-state index contributed by atoms with van der Waals surface area (Å²) in [6.07, 6.45) is 3.75. The fourth-order valence-electron chi connectivity index (χ4n) is 2.93. The van der Waals surface area contributed by atoms with Gasteiger partial charge in [0.05, 0.1) is 0 Å². The molecule has 2 rings (SSSR count). The molecule has 1 fully saturated rings. The topological polar surface area (TPSA) is 39.7 Å². The number of aliphatic imine (C=N–C) groups is 1. The number of hydrogen-bond donors (Lipinski definition) is 2. The van der Waals surface area contributed by atoms with Gasteiger partial charge < -0.3 is 15.5 Å². The fraction of sp³-hybridized carbons (Fsp3) is 0.611. The second kappa shape index (κ2) is 9.46. The summed E-state index contributed by atoms with van der Waals surface area (Å²) in [6, 6.07) is 10.6. The van der Waals surface area contributed by atoms with Gasteiger partial charge in [-0.15, -0.1) is 0 Å². The molecular weight excluding hydrogens is 272 g/mol. The molecule has 0 saturated carbocycles. The molecule has 1 aromatic rings. The summed E-state index contributed by atoms with van der Waals surface area (Å²) < 4.78 is 0. The summed E-state index contributed by atoms with van der Waals surface area (Å²) in [5.74, 6) is 1.55. The molecule has 0 amide bonds. The first-order valence-corrected chi connectivity index (χ1v) is 8.48. The van der Waals surface area contributed by atoms with Crippen LogP contribution in [-0.2, 0) is 6.42 Å². The first-order valence-electron chi connectivity index (χ1n) is 8.48. The molecule has 1 saturated heterocycles. The van der Waals surface area contributed by atoms with E-state index in [9.17, 15) is 0 Å². The van der Waals surface area contributed by atoms with Crippen LogP contribution in [-0.4, -0.2) is 50.6 Å². The first kappa shape index (κ1) is 16.8. The number of hydrogen-bond acceptors (Lipinski definition) is 2. The molecule has 0 radical (unpaired) electrons. The molecule has 2 N–H and O–H groups in total. The van der Waals surface area contributed by atoms with Crippen LogP contribution in [0.3, 0.4) is 0 Å². The first-order chi connectivity index (χ1) is 10.8. The average molecular weight is 302 g/mol. The predicted octanol–water partition coefficient (Wildman–Crippen LogP) is 2.13. The molecule has 122 valence electrons. The number of likely N-dealkylation sites (tertiary alicyclic amines) is 1. The quantitative estimate of drug-likeness (QED) is 0.599. The Balaban J connectivity index is 1.62. The molecular formula is C18H30N4. The van der Waals surface area contributed by atoms with Crippen LogP contribution < -0.4 is 10.6 Å². The van der Waals surface area contributed by atoms with Crippen molar-refractivity contribution < 1.29 is 0 Å². The molecule has 1 aliphatic rings. The Morgan fingerprint density at radius 3 is 2.59 bits per heavy atom. The van der Waals surface area contributed by atoms with Gasteiger partial charge in [-0.3, -0.25) is 4.99 Å². The highest BCUT2D eigenvalue weighted by molar-refractivity contribution is 5.79. The van der Waals surface area contributed by atoms with Crippen LogP contribution in [0.2, 0.25) is 0 Å². The predicted molar refractivity (Wildman–Crippen MR) is 94.3 cm³/mol. The summed E-state index contributed by atoms with van der Waals surface area (Å²) in [4.78, 5) is 6.87. The summed E-state index contributed by atoms with van der Waals surface area (Å²) in [7, 11) is 1.84. The van der Waals surface area contributed by atoms with Gasteiger partial charge in [0, 0.05) is 26.7 Å². The van der Waals surface area contributed by atoms with Gasteiger partial charge in [0.15, 0.2) is 5.96 Å². The van der Waals surface area contributed by atoms with Crippen molar-refractivity contribution in [3.05, 3.63) is 35.9 Å². The van der Waals surface area contributed by atoms with Crippen LogP contribution in [0.15, 0.2) is 35.3 Å². The second-order valence-corrected chi connectivity index (χ2v) is 6.23. The molecule has 4 nitrogen and oxygen atoms in total. The highest BCUT2D eigenvalue weighted by Crippen LogP contribution is 2.09. The SMILES string of the molecule is CN=C(NCCc1ccccc1)NCC(C)CN1CCCC1. The Kier molecular flexibility index (Phi) is 7.23. The Morgan fingerprint density at radius 1 is 1.18 bits per heavy atom. The standard InChI is InChI=1S/C18H30N4/c1-16(15-22-12-6-7-13-22)14-21-18(19-2)20-11-10-17-8-4-3-5-9-17/h3-5,8-9,16H,6-7,10-15H2,1-2H3,(H2,19,20,21). The Hall–Kier alpha value is -1.55. The molecule has 0 spiro atoms. The van der Waals surface area contributed by atoms with Crippen molar-refractivity contribution in [3.8, 4) is 0 Å². The van der Waals surface area contributed by atoms with E-state index in [-0.39, 0.29) is 0 Å². The van der Waals surface area contributed by atoms with Gasteiger partial charge in [0.2, 0.25) is 0 Å². The number of rotatable bonds is 7. The van der Waals surface area contributed by atoms with Gasteiger partial charge in [-0.05, 0) is 43.8 Å². The molecule has 0 aliphatic carbocycles. The minimum Gasteiger partial charge on any atom is -0.356 e. The van der Waals surface area contributed by atoms with Gasteiger partial charge in [0.25, 0.3) is 0 Å². The molecule has 0 bridgehead atoms. The Bertz CT molecular complexity index is 438. The minimum atomic E-state index is 0.644.